The highest BCUT2D eigenvalue weighted by molar-refractivity contribution is 5.81. The van der Waals surface area contributed by atoms with Crippen molar-refractivity contribution < 1.29 is 0 Å². The standard InChI is InChI=1S/C15H17N5/c1-10-4-5-12(7-16-10)8-17-13-6-14-11(2)19-20(3)15(14)18-9-13/h4-7,9,17H,8H2,1-3H3. The monoisotopic (exact) mass is 267 g/mol. The molecule has 102 valence electrons. The second-order valence-electron chi connectivity index (χ2n) is 4.97. The molecule has 0 aliphatic heterocycles. The Kier molecular flexibility index (Phi) is 3.10. The zero-order valence-corrected chi connectivity index (χ0v) is 11.9. The van der Waals surface area contributed by atoms with Gasteiger partial charge < -0.3 is 5.32 Å². The third-order valence-corrected chi connectivity index (χ3v) is 3.33. The van der Waals surface area contributed by atoms with Crippen molar-refractivity contribution in [1.29, 1.82) is 0 Å². The zero-order chi connectivity index (χ0) is 14.1. The number of anilines is 1. The van der Waals surface area contributed by atoms with Crippen molar-refractivity contribution in [2.24, 2.45) is 7.05 Å². The Balaban J connectivity index is 1.80. The number of nitrogens with one attached hydrogen (secondary N) is 1. The Morgan fingerprint density at radius 1 is 1.15 bits per heavy atom. The summed E-state index contributed by atoms with van der Waals surface area (Å²) in [5.74, 6) is 0. The van der Waals surface area contributed by atoms with E-state index in [-0.39, 0.29) is 0 Å². The average Bonchev–Trinajstić information content (AvgIpc) is 2.73. The third-order valence-electron chi connectivity index (χ3n) is 3.33. The van der Waals surface area contributed by atoms with Gasteiger partial charge in [0, 0.05) is 30.9 Å². The summed E-state index contributed by atoms with van der Waals surface area (Å²) in [6.07, 6.45) is 3.73. The molecule has 0 aliphatic carbocycles. The van der Waals surface area contributed by atoms with Gasteiger partial charge in [-0.15, -0.1) is 0 Å². The summed E-state index contributed by atoms with van der Waals surface area (Å²) >= 11 is 0. The van der Waals surface area contributed by atoms with Gasteiger partial charge in [-0.1, -0.05) is 6.07 Å². The molecule has 3 rings (SSSR count). The van der Waals surface area contributed by atoms with Gasteiger partial charge in [-0.25, -0.2) is 4.98 Å². The number of fused-ring (bicyclic) bond motifs is 1. The highest BCUT2D eigenvalue weighted by Gasteiger charge is 2.06. The van der Waals surface area contributed by atoms with Crippen molar-refractivity contribution in [2.45, 2.75) is 20.4 Å². The summed E-state index contributed by atoms with van der Waals surface area (Å²) in [4.78, 5) is 8.74. The Bertz CT molecular complexity index is 743. The molecule has 3 aromatic heterocycles. The van der Waals surface area contributed by atoms with Crippen molar-refractivity contribution in [3.8, 4) is 0 Å². The lowest BCUT2D eigenvalue weighted by Crippen LogP contribution is -2.01. The molecule has 0 aliphatic rings. The number of aryl methyl sites for hydroxylation is 3. The minimum atomic E-state index is 0.736. The van der Waals surface area contributed by atoms with Crippen molar-refractivity contribution in [3.63, 3.8) is 0 Å². The molecule has 0 aromatic carbocycles. The minimum Gasteiger partial charge on any atom is -0.380 e. The predicted octanol–water partition coefficient (Wildman–Crippen LogP) is 2.59. The summed E-state index contributed by atoms with van der Waals surface area (Å²) in [6.45, 7) is 4.72. The smallest absolute Gasteiger partial charge is 0.157 e. The van der Waals surface area contributed by atoms with E-state index < -0.39 is 0 Å². The Hall–Kier alpha value is -2.43. The van der Waals surface area contributed by atoms with Gasteiger partial charge in [0.2, 0.25) is 0 Å². The molecule has 0 fully saturated rings. The van der Waals surface area contributed by atoms with E-state index in [1.807, 2.05) is 39.4 Å². The molecule has 3 heterocycles. The van der Waals surface area contributed by atoms with Crippen molar-refractivity contribution in [3.05, 3.63) is 47.5 Å². The maximum absolute atomic E-state index is 4.45. The SMILES string of the molecule is Cc1ccc(CNc2cnc3c(c2)c(C)nn3C)cn1. The lowest BCUT2D eigenvalue weighted by Gasteiger charge is -2.06. The first-order valence-corrected chi connectivity index (χ1v) is 6.58. The average molecular weight is 267 g/mol. The van der Waals surface area contributed by atoms with Gasteiger partial charge >= 0.3 is 0 Å². The Morgan fingerprint density at radius 2 is 2.00 bits per heavy atom. The van der Waals surface area contributed by atoms with Crippen LogP contribution in [0.1, 0.15) is 17.0 Å². The summed E-state index contributed by atoms with van der Waals surface area (Å²) in [6, 6.07) is 6.19. The molecule has 0 radical (unpaired) electrons. The van der Waals surface area contributed by atoms with E-state index in [0.717, 1.165) is 40.2 Å². The van der Waals surface area contributed by atoms with E-state index >= 15 is 0 Å². The van der Waals surface area contributed by atoms with Crippen molar-refractivity contribution in [1.82, 2.24) is 19.7 Å². The van der Waals surface area contributed by atoms with Crippen LogP contribution >= 0.6 is 0 Å². The number of aromatic nitrogens is 4. The first-order chi connectivity index (χ1) is 9.63. The predicted molar refractivity (Wildman–Crippen MR) is 79.5 cm³/mol. The highest BCUT2D eigenvalue weighted by Crippen LogP contribution is 2.19. The van der Waals surface area contributed by atoms with Crippen LogP contribution in [0, 0.1) is 13.8 Å². The minimum absolute atomic E-state index is 0.736. The number of rotatable bonds is 3. The third kappa shape index (κ3) is 2.34. The quantitative estimate of drug-likeness (QED) is 0.792. The molecular weight excluding hydrogens is 250 g/mol. The van der Waals surface area contributed by atoms with Gasteiger partial charge in [0.15, 0.2) is 5.65 Å². The number of nitrogens with zero attached hydrogens (tertiary/aromatic N) is 4. The van der Waals surface area contributed by atoms with E-state index in [0.29, 0.717) is 0 Å². The zero-order valence-electron chi connectivity index (χ0n) is 11.9. The lowest BCUT2D eigenvalue weighted by atomic mass is 10.2. The molecule has 5 nitrogen and oxygen atoms in total. The van der Waals surface area contributed by atoms with Crippen molar-refractivity contribution >= 4 is 16.7 Å². The van der Waals surface area contributed by atoms with E-state index in [1.165, 1.54) is 0 Å². The number of pyridine rings is 2. The molecule has 0 atom stereocenters. The van der Waals surface area contributed by atoms with Gasteiger partial charge in [0.05, 0.1) is 17.6 Å². The summed E-state index contributed by atoms with van der Waals surface area (Å²) in [5.41, 5.74) is 5.08. The summed E-state index contributed by atoms with van der Waals surface area (Å²) in [7, 11) is 1.91. The number of hydrogen-bond donors (Lipinski definition) is 1. The molecular formula is C15H17N5. The second kappa shape index (κ2) is 4.92. The molecule has 5 heteroatoms. The largest absolute Gasteiger partial charge is 0.380 e. The van der Waals surface area contributed by atoms with Crippen LogP contribution in [0.2, 0.25) is 0 Å². The van der Waals surface area contributed by atoms with E-state index in [9.17, 15) is 0 Å². The van der Waals surface area contributed by atoms with Crippen LogP contribution in [-0.2, 0) is 13.6 Å². The summed E-state index contributed by atoms with van der Waals surface area (Å²) in [5, 5.41) is 8.83. The van der Waals surface area contributed by atoms with Gasteiger partial charge in [-0.05, 0) is 31.5 Å². The normalized spacial score (nSPS) is 10.9. The topological polar surface area (TPSA) is 55.6 Å². The molecule has 0 spiro atoms. The molecule has 0 unspecified atom stereocenters. The Labute approximate surface area is 117 Å². The van der Waals surface area contributed by atoms with Gasteiger partial charge in [0.1, 0.15) is 0 Å². The number of hydrogen-bond acceptors (Lipinski definition) is 4. The lowest BCUT2D eigenvalue weighted by molar-refractivity contribution is 0.774. The first-order valence-electron chi connectivity index (χ1n) is 6.58. The van der Waals surface area contributed by atoms with E-state index in [4.69, 9.17) is 0 Å². The molecule has 0 bridgehead atoms. The van der Waals surface area contributed by atoms with Crippen LogP contribution in [0.25, 0.3) is 11.0 Å². The van der Waals surface area contributed by atoms with Crippen LogP contribution in [0.3, 0.4) is 0 Å². The maximum Gasteiger partial charge on any atom is 0.157 e. The van der Waals surface area contributed by atoms with Gasteiger partial charge in [-0.3, -0.25) is 9.67 Å². The molecule has 1 N–H and O–H groups in total. The molecule has 0 saturated heterocycles. The molecule has 0 amide bonds. The van der Waals surface area contributed by atoms with E-state index in [1.54, 1.807) is 4.68 Å². The fraction of sp³-hybridized carbons (Fsp3) is 0.267. The maximum atomic E-state index is 4.45. The van der Waals surface area contributed by atoms with Crippen LogP contribution < -0.4 is 5.32 Å². The fourth-order valence-electron chi connectivity index (χ4n) is 2.21. The molecule has 0 saturated carbocycles. The first kappa shape index (κ1) is 12.6. The van der Waals surface area contributed by atoms with Crippen molar-refractivity contribution in [2.75, 3.05) is 5.32 Å². The summed E-state index contributed by atoms with van der Waals surface area (Å²) < 4.78 is 1.80. The molecule has 20 heavy (non-hydrogen) atoms. The second-order valence-corrected chi connectivity index (χ2v) is 4.97. The Morgan fingerprint density at radius 3 is 2.75 bits per heavy atom. The highest BCUT2D eigenvalue weighted by atomic mass is 15.3. The van der Waals surface area contributed by atoms with Gasteiger partial charge in [-0.2, -0.15) is 5.10 Å². The van der Waals surface area contributed by atoms with Crippen LogP contribution in [-0.4, -0.2) is 19.7 Å². The fourth-order valence-corrected chi connectivity index (χ4v) is 2.21. The van der Waals surface area contributed by atoms with Crippen LogP contribution in [0.5, 0.6) is 0 Å². The van der Waals surface area contributed by atoms with Gasteiger partial charge in [0.25, 0.3) is 0 Å². The van der Waals surface area contributed by atoms with Crippen LogP contribution in [0.4, 0.5) is 5.69 Å². The molecule has 3 aromatic rings. The van der Waals surface area contributed by atoms with E-state index in [2.05, 4.69) is 32.5 Å². The van der Waals surface area contributed by atoms with Crippen LogP contribution in [0.15, 0.2) is 30.6 Å².